The first kappa shape index (κ1) is 20.2. The predicted molar refractivity (Wildman–Crippen MR) is 102 cm³/mol. The number of fused-ring (bicyclic) bond motifs is 1. The summed E-state index contributed by atoms with van der Waals surface area (Å²) < 4.78 is 42.1. The lowest BCUT2D eigenvalue weighted by Gasteiger charge is -2.28. The zero-order valence-electron chi connectivity index (χ0n) is 15.5. The average Bonchev–Trinajstić information content (AvgIpc) is 3.19. The zero-order chi connectivity index (χ0) is 21.1. The van der Waals surface area contributed by atoms with E-state index in [0.29, 0.717) is 23.9 Å². The Morgan fingerprint density at radius 1 is 1.10 bits per heavy atom. The highest BCUT2D eigenvalue weighted by molar-refractivity contribution is 7.99. The van der Waals surface area contributed by atoms with Crippen molar-refractivity contribution in [3.63, 3.8) is 0 Å². The molecule has 3 aromatic rings. The molecule has 0 unspecified atom stereocenters. The van der Waals surface area contributed by atoms with Crippen LogP contribution in [0.1, 0.15) is 11.1 Å². The van der Waals surface area contributed by atoms with Crippen LogP contribution in [-0.4, -0.2) is 49.7 Å². The van der Waals surface area contributed by atoms with Gasteiger partial charge in [-0.15, -0.1) is 18.3 Å². The molecule has 0 atom stereocenters. The fourth-order valence-corrected chi connectivity index (χ4v) is 3.94. The fraction of sp³-hybridized carbons (Fsp3) is 0.263. The number of carbonyl (C=O) groups is 1. The maximum atomic E-state index is 12.6. The van der Waals surface area contributed by atoms with Crippen LogP contribution in [0.2, 0.25) is 0 Å². The van der Waals surface area contributed by atoms with Gasteiger partial charge in [-0.1, -0.05) is 36.0 Å². The quantitative estimate of drug-likeness (QED) is 0.573. The van der Waals surface area contributed by atoms with E-state index in [9.17, 15) is 18.0 Å². The molecule has 0 saturated heterocycles. The van der Waals surface area contributed by atoms with E-state index in [2.05, 4.69) is 26.3 Å². The van der Waals surface area contributed by atoms with Crippen LogP contribution in [0.3, 0.4) is 0 Å². The summed E-state index contributed by atoms with van der Waals surface area (Å²) in [7, 11) is 0. The number of benzene rings is 2. The Kier molecular flexibility index (Phi) is 5.62. The third kappa shape index (κ3) is 4.73. The van der Waals surface area contributed by atoms with Gasteiger partial charge in [0.05, 0.1) is 11.4 Å². The molecule has 4 rings (SSSR count). The van der Waals surface area contributed by atoms with Crippen molar-refractivity contribution in [3.8, 4) is 11.4 Å². The number of ether oxygens (including phenoxy) is 1. The number of aromatic nitrogens is 4. The highest BCUT2D eigenvalue weighted by atomic mass is 32.2. The molecule has 0 saturated carbocycles. The first-order valence-corrected chi connectivity index (χ1v) is 9.99. The Morgan fingerprint density at radius 3 is 2.57 bits per heavy atom. The van der Waals surface area contributed by atoms with E-state index in [1.807, 2.05) is 18.2 Å². The summed E-state index contributed by atoms with van der Waals surface area (Å²) in [6.07, 6.45) is -3.94. The SMILES string of the molecule is O=C(CSc1nnnn1-c1ccc(OC(F)(F)F)cc1)N1CCc2ccccc2C1. The van der Waals surface area contributed by atoms with Crippen LogP contribution >= 0.6 is 11.8 Å². The molecule has 0 spiro atoms. The zero-order valence-corrected chi connectivity index (χ0v) is 16.4. The van der Waals surface area contributed by atoms with Gasteiger partial charge < -0.3 is 9.64 Å². The molecule has 2 heterocycles. The molecule has 1 amide bonds. The summed E-state index contributed by atoms with van der Waals surface area (Å²) in [6.45, 7) is 1.23. The van der Waals surface area contributed by atoms with E-state index in [1.54, 1.807) is 4.90 Å². The van der Waals surface area contributed by atoms with Crippen molar-refractivity contribution in [3.05, 3.63) is 59.7 Å². The Balaban J connectivity index is 1.39. The number of carbonyl (C=O) groups excluding carboxylic acids is 1. The van der Waals surface area contributed by atoms with Crippen LogP contribution in [0.15, 0.2) is 53.7 Å². The lowest BCUT2D eigenvalue weighted by molar-refractivity contribution is -0.274. The minimum absolute atomic E-state index is 0.0296. The van der Waals surface area contributed by atoms with Crippen molar-refractivity contribution >= 4 is 17.7 Å². The molecule has 30 heavy (non-hydrogen) atoms. The van der Waals surface area contributed by atoms with Crippen LogP contribution in [-0.2, 0) is 17.8 Å². The molecule has 2 aromatic carbocycles. The van der Waals surface area contributed by atoms with Crippen molar-refractivity contribution in [2.45, 2.75) is 24.5 Å². The Labute approximate surface area is 173 Å². The molecule has 1 aliphatic heterocycles. The normalized spacial score (nSPS) is 13.8. The molecule has 0 aliphatic carbocycles. The molecular formula is C19H16F3N5O2S. The van der Waals surface area contributed by atoms with Crippen molar-refractivity contribution in [1.29, 1.82) is 0 Å². The number of halogens is 3. The van der Waals surface area contributed by atoms with Crippen molar-refractivity contribution in [2.24, 2.45) is 0 Å². The molecule has 11 heteroatoms. The third-order valence-electron chi connectivity index (χ3n) is 4.56. The van der Waals surface area contributed by atoms with E-state index in [-0.39, 0.29) is 17.4 Å². The third-order valence-corrected chi connectivity index (χ3v) is 5.47. The summed E-state index contributed by atoms with van der Waals surface area (Å²) >= 11 is 1.17. The summed E-state index contributed by atoms with van der Waals surface area (Å²) in [5.74, 6) is -0.218. The van der Waals surface area contributed by atoms with Gasteiger partial charge in [0.15, 0.2) is 0 Å². The molecular weight excluding hydrogens is 419 g/mol. The van der Waals surface area contributed by atoms with Gasteiger partial charge in [0.1, 0.15) is 5.75 Å². The highest BCUT2D eigenvalue weighted by Gasteiger charge is 2.31. The van der Waals surface area contributed by atoms with Gasteiger partial charge in [-0.25, -0.2) is 0 Å². The lowest BCUT2D eigenvalue weighted by Crippen LogP contribution is -2.37. The van der Waals surface area contributed by atoms with E-state index >= 15 is 0 Å². The summed E-state index contributed by atoms with van der Waals surface area (Å²) in [6, 6.07) is 13.2. The second-order valence-corrected chi connectivity index (χ2v) is 7.48. The molecule has 7 nitrogen and oxygen atoms in total. The number of tetrazole rings is 1. The average molecular weight is 435 g/mol. The van der Waals surface area contributed by atoms with Crippen LogP contribution < -0.4 is 4.74 Å². The maximum Gasteiger partial charge on any atom is 0.573 e. The fourth-order valence-electron chi connectivity index (χ4n) is 3.15. The van der Waals surface area contributed by atoms with Gasteiger partial charge in [0.2, 0.25) is 11.1 Å². The predicted octanol–water partition coefficient (Wildman–Crippen LogP) is 3.24. The van der Waals surface area contributed by atoms with Crippen molar-refractivity contribution in [1.82, 2.24) is 25.1 Å². The number of hydrogen-bond acceptors (Lipinski definition) is 6. The van der Waals surface area contributed by atoms with Gasteiger partial charge in [-0.3, -0.25) is 4.79 Å². The van der Waals surface area contributed by atoms with Crippen molar-refractivity contribution < 1.29 is 22.7 Å². The van der Waals surface area contributed by atoms with E-state index in [4.69, 9.17) is 0 Å². The smallest absolute Gasteiger partial charge is 0.406 e. The van der Waals surface area contributed by atoms with Gasteiger partial charge in [0.25, 0.3) is 0 Å². The highest BCUT2D eigenvalue weighted by Crippen LogP contribution is 2.25. The molecule has 1 aliphatic rings. The Bertz CT molecular complexity index is 1040. The minimum Gasteiger partial charge on any atom is -0.406 e. The molecule has 1 aromatic heterocycles. The molecule has 0 N–H and O–H groups in total. The van der Waals surface area contributed by atoms with E-state index in [1.165, 1.54) is 46.3 Å². The summed E-state index contributed by atoms with van der Waals surface area (Å²) in [5, 5.41) is 11.7. The van der Waals surface area contributed by atoms with Crippen molar-refractivity contribution in [2.75, 3.05) is 12.3 Å². The minimum atomic E-state index is -4.76. The largest absolute Gasteiger partial charge is 0.573 e. The lowest BCUT2D eigenvalue weighted by atomic mass is 10.00. The Morgan fingerprint density at radius 2 is 1.83 bits per heavy atom. The van der Waals surface area contributed by atoms with Crippen LogP contribution in [0.25, 0.3) is 5.69 Å². The number of thioether (sulfide) groups is 1. The first-order chi connectivity index (χ1) is 14.4. The van der Waals surface area contributed by atoms with Crippen LogP contribution in [0, 0.1) is 0 Å². The van der Waals surface area contributed by atoms with Crippen LogP contribution in [0.4, 0.5) is 13.2 Å². The second-order valence-electron chi connectivity index (χ2n) is 6.54. The monoisotopic (exact) mass is 435 g/mol. The maximum absolute atomic E-state index is 12.6. The molecule has 0 radical (unpaired) electrons. The van der Waals surface area contributed by atoms with E-state index in [0.717, 1.165) is 12.0 Å². The summed E-state index contributed by atoms with van der Waals surface area (Å²) in [4.78, 5) is 14.4. The number of rotatable bonds is 5. The number of hydrogen-bond donors (Lipinski definition) is 0. The van der Waals surface area contributed by atoms with Crippen LogP contribution in [0.5, 0.6) is 5.75 Å². The number of nitrogens with zero attached hydrogens (tertiary/aromatic N) is 5. The summed E-state index contributed by atoms with van der Waals surface area (Å²) in [5.41, 5.74) is 2.86. The number of amides is 1. The van der Waals surface area contributed by atoms with Gasteiger partial charge in [-0.05, 0) is 52.2 Å². The first-order valence-electron chi connectivity index (χ1n) is 9.01. The van der Waals surface area contributed by atoms with Gasteiger partial charge in [-0.2, -0.15) is 4.68 Å². The molecule has 0 bridgehead atoms. The molecule has 0 fully saturated rings. The van der Waals surface area contributed by atoms with Gasteiger partial charge >= 0.3 is 6.36 Å². The van der Waals surface area contributed by atoms with E-state index < -0.39 is 6.36 Å². The number of alkyl halides is 3. The standard InChI is InChI=1S/C19H16F3N5O2S/c20-19(21,22)29-16-7-5-15(6-8-16)27-18(23-24-25-27)30-12-17(28)26-10-9-13-3-1-2-4-14(13)11-26/h1-8H,9-12H2. The second kappa shape index (κ2) is 8.34. The Hall–Kier alpha value is -3.08. The molecule has 156 valence electrons. The van der Waals surface area contributed by atoms with Gasteiger partial charge in [0, 0.05) is 13.1 Å². The topological polar surface area (TPSA) is 73.1 Å².